The van der Waals surface area contributed by atoms with E-state index in [2.05, 4.69) is 5.32 Å². The van der Waals surface area contributed by atoms with Crippen molar-refractivity contribution in [2.75, 3.05) is 21.3 Å². The second-order valence-corrected chi connectivity index (χ2v) is 2.69. The maximum atomic E-state index is 11.0. The SMILES string of the molecule is CNC(=O)Oc1cc(OC)cc(OC)c1. The van der Waals surface area contributed by atoms with Crippen LogP contribution in [0, 0.1) is 0 Å². The predicted molar refractivity (Wildman–Crippen MR) is 54.6 cm³/mol. The molecule has 0 atom stereocenters. The number of carbonyl (C=O) groups excluding carboxylic acids is 1. The molecule has 1 rings (SSSR count). The maximum absolute atomic E-state index is 11.0. The Kier molecular flexibility index (Phi) is 3.79. The fourth-order valence-corrected chi connectivity index (χ4v) is 0.998. The Bertz CT molecular complexity index is 329. The molecule has 0 fully saturated rings. The lowest BCUT2D eigenvalue weighted by molar-refractivity contribution is 0.202. The summed E-state index contributed by atoms with van der Waals surface area (Å²) >= 11 is 0. The largest absolute Gasteiger partial charge is 0.496 e. The van der Waals surface area contributed by atoms with Crippen LogP contribution in [0.25, 0.3) is 0 Å². The molecule has 0 aliphatic rings. The highest BCUT2D eigenvalue weighted by Gasteiger charge is 2.06. The molecule has 5 heteroatoms. The molecule has 1 aromatic carbocycles. The van der Waals surface area contributed by atoms with Gasteiger partial charge in [-0.2, -0.15) is 0 Å². The fourth-order valence-electron chi connectivity index (χ4n) is 0.998. The van der Waals surface area contributed by atoms with Crippen LogP contribution in [-0.2, 0) is 0 Å². The van der Waals surface area contributed by atoms with Gasteiger partial charge in [0.25, 0.3) is 0 Å². The van der Waals surface area contributed by atoms with E-state index in [9.17, 15) is 4.79 Å². The van der Waals surface area contributed by atoms with Gasteiger partial charge >= 0.3 is 6.09 Å². The number of amides is 1. The minimum absolute atomic E-state index is 0.366. The third-order valence-electron chi connectivity index (χ3n) is 1.74. The van der Waals surface area contributed by atoms with Crippen molar-refractivity contribution in [1.82, 2.24) is 5.32 Å². The van der Waals surface area contributed by atoms with Crippen LogP contribution in [0.15, 0.2) is 18.2 Å². The Hall–Kier alpha value is -1.91. The van der Waals surface area contributed by atoms with Gasteiger partial charge in [0.2, 0.25) is 0 Å². The van der Waals surface area contributed by atoms with Crippen molar-refractivity contribution in [2.24, 2.45) is 0 Å². The fraction of sp³-hybridized carbons (Fsp3) is 0.300. The third-order valence-corrected chi connectivity index (χ3v) is 1.74. The lowest BCUT2D eigenvalue weighted by Crippen LogP contribution is -2.22. The van der Waals surface area contributed by atoms with Crippen molar-refractivity contribution in [3.63, 3.8) is 0 Å². The number of carbonyl (C=O) groups is 1. The summed E-state index contributed by atoms with van der Waals surface area (Å²) in [5.74, 6) is 1.49. The molecule has 0 unspecified atom stereocenters. The highest BCUT2D eigenvalue weighted by Crippen LogP contribution is 2.27. The van der Waals surface area contributed by atoms with Gasteiger partial charge in [0.1, 0.15) is 17.2 Å². The van der Waals surface area contributed by atoms with Crippen molar-refractivity contribution < 1.29 is 19.0 Å². The van der Waals surface area contributed by atoms with E-state index < -0.39 is 6.09 Å². The van der Waals surface area contributed by atoms with Crippen LogP contribution in [0.4, 0.5) is 4.79 Å². The molecule has 1 aromatic rings. The summed E-state index contributed by atoms with van der Waals surface area (Å²) < 4.78 is 15.0. The van der Waals surface area contributed by atoms with E-state index in [0.29, 0.717) is 17.2 Å². The molecule has 0 aliphatic carbocycles. The second kappa shape index (κ2) is 5.09. The van der Waals surface area contributed by atoms with E-state index in [0.717, 1.165) is 0 Å². The Labute approximate surface area is 87.9 Å². The molecular formula is C10H13NO4. The summed E-state index contributed by atoms with van der Waals surface area (Å²) in [6, 6.07) is 4.88. The topological polar surface area (TPSA) is 56.8 Å². The van der Waals surface area contributed by atoms with E-state index in [4.69, 9.17) is 14.2 Å². The van der Waals surface area contributed by atoms with Gasteiger partial charge in [-0.3, -0.25) is 0 Å². The second-order valence-electron chi connectivity index (χ2n) is 2.69. The molecule has 0 bridgehead atoms. The number of hydrogen-bond donors (Lipinski definition) is 1. The third kappa shape index (κ3) is 3.05. The van der Waals surface area contributed by atoms with Gasteiger partial charge in [-0.05, 0) is 0 Å². The van der Waals surface area contributed by atoms with Crippen molar-refractivity contribution in [3.8, 4) is 17.2 Å². The Balaban J connectivity index is 2.91. The first kappa shape index (κ1) is 11.2. The van der Waals surface area contributed by atoms with Crippen molar-refractivity contribution >= 4 is 6.09 Å². The number of ether oxygens (including phenoxy) is 3. The van der Waals surface area contributed by atoms with Gasteiger partial charge in [0, 0.05) is 25.2 Å². The van der Waals surface area contributed by atoms with Crippen LogP contribution in [0.2, 0.25) is 0 Å². The van der Waals surface area contributed by atoms with E-state index in [1.807, 2.05) is 0 Å². The normalized spacial score (nSPS) is 9.27. The summed E-state index contributed by atoms with van der Waals surface area (Å²) in [6.45, 7) is 0. The number of rotatable bonds is 3. The first-order valence-corrected chi connectivity index (χ1v) is 4.32. The predicted octanol–water partition coefficient (Wildman–Crippen LogP) is 1.42. The Morgan fingerprint density at radius 3 is 1.93 bits per heavy atom. The molecule has 5 nitrogen and oxygen atoms in total. The van der Waals surface area contributed by atoms with Crippen LogP contribution in [0.5, 0.6) is 17.2 Å². The molecule has 15 heavy (non-hydrogen) atoms. The molecule has 0 aromatic heterocycles. The molecule has 1 N–H and O–H groups in total. The average molecular weight is 211 g/mol. The van der Waals surface area contributed by atoms with E-state index in [1.165, 1.54) is 21.3 Å². The summed E-state index contributed by atoms with van der Waals surface area (Å²) in [6.07, 6.45) is -0.537. The highest BCUT2D eigenvalue weighted by molar-refractivity contribution is 5.70. The number of hydrogen-bond acceptors (Lipinski definition) is 4. The summed E-state index contributed by atoms with van der Waals surface area (Å²) in [5, 5.41) is 2.35. The first-order chi connectivity index (χ1) is 7.19. The zero-order chi connectivity index (χ0) is 11.3. The van der Waals surface area contributed by atoms with Crippen LogP contribution in [-0.4, -0.2) is 27.4 Å². The Morgan fingerprint density at radius 2 is 1.53 bits per heavy atom. The molecule has 0 spiro atoms. The zero-order valence-electron chi connectivity index (χ0n) is 8.87. The first-order valence-electron chi connectivity index (χ1n) is 4.32. The zero-order valence-corrected chi connectivity index (χ0v) is 8.87. The summed E-state index contributed by atoms with van der Waals surface area (Å²) in [4.78, 5) is 11.0. The Morgan fingerprint density at radius 1 is 1.07 bits per heavy atom. The number of benzene rings is 1. The molecule has 0 saturated carbocycles. The van der Waals surface area contributed by atoms with Gasteiger partial charge in [-0.15, -0.1) is 0 Å². The van der Waals surface area contributed by atoms with Gasteiger partial charge < -0.3 is 19.5 Å². The molecular weight excluding hydrogens is 198 g/mol. The number of methoxy groups -OCH3 is 2. The highest BCUT2D eigenvalue weighted by atomic mass is 16.6. The minimum Gasteiger partial charge on any atom is -0.496 e. The van der Waals surface area contributed by atoms with Crippen LogP contribution >= 0.6 is 0 Å². The molecule has 0 aliphatic heterocycles. The van der Waals surface area contributed by atoms with Crippen LogP contribution < -0.4 is 19.5 Å². The lowest BCUT2D eigenvalue weighted by Gasteiger charge is -2.08. The van der Waals surface area contributed by atoms with Crippen LogP contribution in [0.3, 0.4) is 0 Å². The monoisotopic (exact) mass is 211 g/mol. The summed E-state index contributed by atoms with van der Waals surface area (Å²) in [5.41, 5.74) is 0. The summed E-state index contributed by atoms with van der Waals surface area (Å²) in [7, 11) is 4.54. The average Bonchev–Trinajstić information content (AvgIpc) is 2.28. The van der Waals surface area contributed by atoms with Gasteiger partial charge in [-0.1, -0.05) is 0 Å². The molecule has 82 valence electrons. The van der Waals surface area contributed by atoms with Crippen molar-refractivity contribution in [2.45, 2.75) is 0 Å². The van der Waals surface area contributed by atoms with Crippen LogP contribution in [0.1, 0.15) is 0 Å². The van der Waals surface area contributed by atoms with Gasteiger partial charge in [0.15, 0.2) is 0 Å². The lowest BCUT2D eigenvalue weighted by atomic mass is 10.3. The molecule has 0 saturated heterocycles. The van der Waals surface area contributed by atoms with Crippen molar-refractivity contribution in [1.29, 1.82) is 0 Å². The van der Waals surface area contributed by atoms with E-state index in [-0.39, 0.29) is 0 Å². The van der Waals surface area contributed by atoms with Gasteiger partial charge in [-0.25, -0.2) is 4.79 Å². The molecule has 1 amide bonds. The standard InChI is InChI=1S/C10H13NO4/c1-11-10(12)15-9-5-7(13-2)4-8(6-9)14-3/h4-6H,1-3H3,(H,11,12). The minimum atomic E-state index is -0.537. The smallest absolute Gasteiger partial charge is 0.412 e. The maximum Gasteiger partial charge on any atom is 0.412 e. The number of nitrogens with one attached hydrogen (secondary N) is 1. The van der Waals surface area contributed by atoms with E-state index in [1.54, 1.807) is 18.2 Å². The molecule has 0 heterocycles. The van der Waals surface area contributed by atoms with Crippen molar-refractivity contribution in [3.05, 3.63) is 18.2 Å². The van der Waals surface area contributed by atoms with E-state index >= 15 is 0 Å². The van der Waals surface area contributed by atoms with Gasteiger partial charge in [0.05, 0.1) is 14.2 Å². The quantitative estimate of drug-likeness (QED) is 0.821. The molecule has 0 radical (unpaired) electrons.